The Bertz CT molecular complexity index is 299. The molecule has 0 N–H and O–H groups in total. The van der Waals surface area contributed by atoms with Gasteiger partial charge in [0.25, 0.3) is 0 Å². The second-order valence-electron chi connectivity index (χ2n) is 7.32. The Balaban J connectivity index is 1.94. The van der Waals surface area contributed by atoms with Gasteiger partial charge in [0.05, 0.1) is 0 Å². The quantitative estimate of drug-likeness (QED) is 0.762. The topological polar surface area (TPSA) is 20.3 Å². The van der Waals surface area contributed by atoms with E-state index >= 15 is 0 Å². The van der Waals surface area contributed by atoms with Gasteiger partial charge in [-0.05, 0) is 43.6 Å². The molecule has 0 amide bonds. The van der Waals surface area contributed by atoms with E-state index in [0.717, 1.165) is 44.3 Å². The zero-order valence-electron chi connectivity index (χ0n) is 12.5. The van der Waals surface area contributed by atoms with E-state index < -0.39 is 0 Å². The molecular weight excluding hydrogens is 222 g/mol. The summed E-state index contributed by atoms with van der Waals surface area (Å²) in [5.41, 5.74) is 0.357. The lowest BCUT2D eigenvalue weighted by Crippen LogP contribution is -2.40. The van der Waals surface area contributed by atoms with Gasteiger partial charge in [-0.3, -0.25) is 9.69 Å². The molecule has 104 valence electrons. The second kappa shape index (κ2) is 5.32. The maximum absolute atomic E-state index is 12.1. The summed E-state index contributed by atoms with van der Waals surface area (Å²) in [7, 11) is 0. The summed E-state index contributed by atoms with van der Waals surface area (Å²) >= 11 is 0. The molecule has 2 aliphatic carbocycles. The van der Waals surface area contributed by atoms with Crippen molar-refractivity contribution in [1.29, 1.82) is 0 Å². The van der Waals surface area contributed by atoms with Crippen LogP contribution < -0.4 is 0 Å². The van der Waals surface area contributed by atoms with E-state index in [4.69, 9.17) is 0 Å². The molecule has 2 heteroatoms. The fraction of sp³-hybridized carbons (Fsp3) is 0.938. The summed E-state index contributed by atoms with van der Waals surface area (Å²) in [6, 6.07) is 0.790. The largest absolute Gasteiger partial charge is 0.300 e. The van der Waals surface area contributed by atoms with Crippen LogP contribution in [0.5, 0.6) is 0 Å². The van der Waals surface area contributed by atoms with Crippen molar-refractivity contribution in [3.63, 3.8) is 0 Å². The summed E-state index contributed by atoms with van der Waals surface area (Å²) in [5, 5.41) is 0. The second-order valence-corrected chi connectivity index (χ2v) is 7.32. The average Bonchev–Trinajstić information content (AvgIpc) is 3.10. The molecule has 0 bridgehead atoms. The molecule has 18 heavy (non-hydrogen) atoms. The third kappa shape index (κ3) is 3.34. The van der Waals surface area contributed by atoms with Crippen LogP contribution in [0.2, 0.25) is 0 Å². The molecule has 0 aromatic carbocycles. The Morgan fingerprint density at radius 2 is 1.89 bits per heavy atom. The monoisotopic (exact) mass is 251 g/mol. The van der Waals surface area contributed by atoms with E-state index in [1.165, 1.54) is 12.8 Å². The first kappa shape index (κ1) is 14.0. The molecular formula is C16H29NO. The third-order valence-corrected chi connectivity index (χ3v) is 4.91. The maximum Gasteiger partial charge on any atom is 0.137 e. The Hall–Kier alpha value is -0.370. The van der Waals surface area contributed by atoms with E-state index in [2.05, 4.69) is 32.6 Å². The summed E-state index contributed by atoms with van der Waals surface area (Å²) < 4.78 is 0. The number of rotatable bonds is 4. The van der Waals surface area contributed by atoms with Gasteiger partial charge in [0.2, 0.25) is 0 Å². The van der Waals surface area contributed by atoms with Crippen molar-refractivity contribution in [2.45, 2.75) is 65.8 Å². The molecule has 0 spiro atoms. The lowest BCUT2D eigenvalue weighted by atomic mass is 9.68. The lowest BCUT2D eigenvalue weighted by Gasteiger charge is -2.38. The maximum atomic E-state index is 12.1. The predicted molar refractivity (Wildman–Crippen MR) is 75.6 cm³/mol. The summed E-state index contributed by atoms with van der Waals surface area (Å²) in [6.07, 6.45) is 5.73. The summed E-state index contributed by atoms with van der Waals surface area (Å²) in [5.74, 6) is 1.55. The van der Waals surface area contributed by atoms with Crippen LogP contribution in [0, 0.1) is 17.3 Å². The van der Waals surface area contributed by atoms with Crippen molar-refractivity contribution in [2.24, 2.45) is 17.3 Å². The predicted octanol–water partition coefficient (Wildman–Crippen LogP) is 3.50. The molecule has 0 aromatic rings. The fourth-order valence-corrected chi connectivity index (χ4v) is 3.34. The van der Waals surface area contributed by atoms with Gasteiger partial charge < -0.3 is 0 Å². The molecule has 0 saturated heterocycles. The highest BCUT2D eigenvalue weighted by molar-refractivity contribution is 5.82. The van der Waals surface area contributed by atoms with E-state index in [9.17, 15) is 4.79 Å². The smallest absolute Gasteiger partial charge is 0.137 e. The number of hydrogen-bond donors (Lipinski definition) is 0. The molecule has 2 nitrogen and oxygen atoms in total. The van der Waals surface area contributed by atoms with Gasteiger partial charge in [-0.1, -0.05) is 27.7 Å². The standard InChI is InChI=1S/C16H29NO/c1-5-17(14-7-8-14)11-12-10-13(16(2,3)4)6-9-15(12)18/h12-14H,5-11H2,1-4H3. The average molecular weight is 251 g/mol. The number of carbonyl (C=O) groups excluding carboxylic acids is 1. The Morgan fingerprint density at radius 1 is 1.22 bits per heavy atom. The van der Waals surface area contributed by atoms with E-state index in [0.29, 0.717) is 17.1 Å². The first-order valence-corrected chi connectivity index (χ1v) is 7.68. The Kier molecular flexibility index (Phi) is 4.15. The van der Waals surface area contributed by atoms with Crippen molar-refractivity contribution in [2.75, 3.05) is 13.1 Å². The number of ketones is 1. The minimum atomic E-state index is 0.309. The summed E-state index contributed by atoms with van der Waals surface area (Å²) in [4.78, 5) is 14.7. The normalized spacial score (nSPS) is 29.9. The first-order chi connectivity index (χ1) is 8.41. The molecule has 2 fully saturated rings. The van der Waals surface area contributed by atoms with Gasteiger partial charge >= 0.3 is 0 Å². The molecule has 2 unspecified atom stereocenters. The molecule has 0 aliphatic heterocycles. The van der Waals surface area contributed by atoms with Crippen molar-refractivity contribution < 1.29 is 4.79 Å². The van der Waals surface area contributed by atoms with Crippen molar-refractivity contribution in [3.8, 4) is 0 Å². The van der Waals surface area contributed by atoms with Crippen molar-refractivity contribution in [1.82, 2.24) is 4.90 Å². The minimum absolute atomic E-state index is 0.309. The summed E-state index contributed by atoms with van der Waals surface area (Å²) in [6.45, 7) is 11.3. The van der Waals surface area contributed by atoms with Gasteiger partial charge in [-0.25, -0.2) is 0 Å². The van der Waals surface area contributed by atoms with Crippen LogP contribution >= 0.6 is 0 Å². The van der Waals surface area contributed by atoms with Crippen LogP contribution in [0.1, 0.15) is 59.8 Å². The van der Waals surface area contributed by atoms with Crippen LogP contribution in [0.4, 0.5) is 0 Å². The molecule has 2 atom stereocenters. The van der Waals surface area contributed by atoms with E-state index in [1.54, 1.807) is 0 Å². The molecule has 0 aromatic heterocycles. The van der Waals surface area contributed by atoms with Crippen molar-refractivity contribution in [3.05, 3.63) is 0 Å². The highest BCUT2D eigenvalue weighted by Gasteiger charge is 2.37. The molecule has 2 rings (SSSR count). The van der Waals surface area contributed by atoms with Gasteiger partial charge in [0.15, 0.2) is 0 Å². The number of nitrogens with zero attached hydrogens (tertiary/aromatic N) is 1. The first-order valence-electron chi connectivity index (χ1n) is 7.68. The van der Waals surface area contributed by atoms with Crippen LogP contribution in [-0.4, -0.2) is 29.8 Å². The van der Waals surface area contributed by atoms with Crippen molar-refractivity contribution >= 4 is 5.78 Å². The SMILES string of the molecule is CCN(CC1CC(C(C)(C)C)CCC1=O)C1CC1. The molecule has 2 aliphatic rings. The zero-order valence-corrected chi connectivity index (χ0v) is 12.5. The van der Waals surface area contributed by atoms with E-state index in [1.807, 2.05) is 0 Å². The van der Waals surface area contributed by atoms with E-state index in [-0.39, 0.29) is 0 Å². The highest BCUT2D eigenvalue weighted by Crippen LogP contribution is 2.40. The molecule has 2 saturated carbocycles. The van der Waals surface area contributed by atoms with Gasteiger partial charge in [-0.2, -0.15) is 0 Å². The zero-order chi connectivity index (χ0) is 13.3. The Morgan fingerprint density at radius 3 is 2.39 bits per heavy atom. The third-order valence-electron chi connectivity index (χ3n) is 4.91. The number of carbonyl (C=O) groups is 1. The molecule has 0 heterocycles. The lowest BCUT2D eigenvalue weighted by molar-refractivity contribution is -0.127. The Labute approximate surface area is 112 Å². The highest BCUT2D eigenvalue weighted by atomic mass is 16.1. The van der Waals surface area contributed by atoms with Crippen LogP contribution in [0.25, 0.3) is 0 Å². The number of Topliss-reactive ketones (excluding diaryl/α,β-unsaturated/α-hetero) is 1. The molecule has 0 radical (unpaired) electrons. The fourth-order valence-electron chi connectivity index (χ4n) is 3.34. The van der Waals surface area contributed by atoms with Gasteiger partial charge in [-0.15, -0.1) is 0 Å². The van der Waals surface area contributed by atoms with Crippen LogP contribution in [-0.2, 0) is 4.79 Å². The van der Waals surface area contributed by atoms with Gasteiger partial charge in [0, 0.05) is 24.9 Å². The van der Waals surface area contributed by atoms with Crippen LogP contribution in [0.15, 0.2) is 0 Å². The minimum Gasteiger partial charge on any atom is -0.300 e. The van der Waals surface area contributed by atoms with Gasteiger partial charge in [0.1, 0.15) is 5.78 Å². The number of hydrogen-bond acceptors (Lipinski definition) is 2. The van der Waals surface area contributed by atoms with Crippen LogP contribution in [0.3, 0.4) is 0 Å².